The van der Waals surface area contributed by atoms with Crippen LogP contribution in [-0.4, -0.2) is 9.38 Å². The number of nitrogens with two attached hydrogens (primary N) is 1. The van der Waals surface area contributed by atoms with Crippen molar-refractivity contribution in [2.24, 2.45) is 0 Å². The van der Waals surface area contributed by atoms with Crippen LogP contribution in [0.1, 0.15) is 5.56 Å². The number of aromatic nitrogens is 2. The number of nitrogen functional groups attached to an aromatic ring is 1. The van der Waals surface area contributed by atoms with Crippen molar-refractivity contribution >= 4 is 27.4 Å². The highest BCUT2D eigenvalue weighted by atomic mass is 79.9. The Hall–Kier alpha value is -1.75. The maximum absolute atomic E-state index is 6.09. The maximum Gasteiger partial charge on any atom is 0.170 e. The molecule has 3 heterocycles. The molecule has 0 saturated carbocycles. The molecule has 0 amide bonds. The number of furan rings is 1. The van der Waals surface area contributed by atoms with Gasteiger partial charge in [0.1, 0.15) is 17.2 Å². The van der Waals surface area contributed by atoms with Crippen LogP contribution in [0.3, 0.4) is 0 Å². The lowest BCUT2D eigenvalue weighted by Crippen LogP contribution is -1.94. The van der Waals surface area contributed by atoms with Crippen LogP contribution in [-0.2, 0) is 0 Å². The van der Waals surface area contributed by atoms with Crippen LogP contribution >= 0.6 is 15.9 Å². The summed E-state index contributed by atoms with van der Waals surface area (Å²) < 4.78 is 8.10. The van der Waals surface area contributed by atoms with Gasteiger partial charge in [-0.1, -0.05) is 6.07 Å². The number of rotatable bonds is 1. The molecule has 0 spiro atoms. The van der Waals surface area contributed by atoms with Gasteiger partial charge in [-0.25, -0.2) is 4.98 Å². The van der Waals surface area contributed by atoms with E-state index in [0.717, 1.165) is 15.7 Å². The molecular formula is C12H10BrN3O. The number of pyridine rings is 1. The third-order valence-corrected chi connectivity index (χ3v) is 3.26. The molecule has 0 aliphatic carbocycles. The molecule has 0 radical (unpaired) electrons. The fourth-order valence-corrected chi connectivity index (χ4v) is 2.19. The van der Waals surface area contributed by atoms with Crippen LogP contribution in [0.15, 0.2) is 39.5 Å². The van der Waals surface area contributed by atoms with Crippen LogP contribution in [0.5, 0.6) is 0 Å². The minimum Gasteiger partial charge on any atom is -0.461 e. The normalized spacial score (nSPS) is 11.2. The lowest BCUT2D eigenvalue weighted by Gasteiger charge is -1.98. The van der Waals surface area contributed by atoms with Crippen molar-refractivity contribution < 1.29 is 4.42 Å². The molecule has 0 bridgehead atoms. The average molecular weight is 292 g/mol. The summed E-state index contributed by atoms with van der Waals surface area (Å²) in [4.78, 5) is 4.47. The minimum atomic E-state index is 0.583. The average Bonchev–Trinajstić information content (AvgIpc) is 2.84. The Labute approximate surface area is 106 Å². The van der Waals surface area contributed by atoms with Crippen LogP contribution in [0.4, 0.5) is 5.82 Å². The first-order valence-electron chi connectivity index (χ1n) is 5.14. The van der Waals surface area contributed by atoms with E-state index >= 15 is 0 Å². The summed E-state index contributed by atoms with van der Waals surface area (Å²) in [6.45, 7) is 2.02. The highest BCUT2D eigenvalue weighted by molar-refractivity contribution is 9.10. The van der Waals surface area contributed by atoms with Gasteiger partial charge in [-0.3, -0.25) is 4.40 Å². The lowest BCUT2D eigenvalue weighted by molar-refractivity contribution is 0.579. The second-order valence-electron chi connectivity index (χ2n) is 3.88. The van der Waals surface area contributed by atoms with Crippen molar-refractivity contribution in [3.05, 3.63) is 40.7 Å². The number of nitrogens with zero attached hydrogens (tertiary/aromatic N) is 2. The van der Waals surface area contributed by atoms with Crippen molar-refractivity contribution in [3.63, 3.8) is 0 Å². The summed E-state index contributed by atoms with van der Waals surface area (Å²) >= 11 is 3.41. The zero-order chi connectivity index (χ0) is 12.0. The highest BCUT2D eigenvalue weighted by Gasteiger charge is 2.16. The van der Waals surface area contributed by atoms with E-state index in [1.807, 2.05) is 35.7 Å². The van der Waals surface area contributed by atoms with E-state index in [2.05, 4.69) is 20.9 Å². The molecule has 0 saturated heterocycles. The summed E-state index contributed by atoms with van der Waals surface area (Å²) in [6.07, 6.45) is 3.56. The van der Waals surface area contributed by atoms with Gasteiger partial charge in [0.15, 0.2) is 5.76 Å². The monoisotopic (exact) mass is 291 g/mol. The van der Waals surface area contributed by atoms with Crippen molar-refractivity contribution in [2.45, 2.75) is 6.92 Å². The van der Waals surface area contributed by atoms with Gasteiger partial charge in [-0.15, -0.1) is 0 Å². The van der Waals surface area contributed by atoms with Crippen LogP contribution < -0.4 is 5.73 Å². The molecule has 3 aromatic heterocycles. The zero-order valence-corrected chi connectivity index (χ0v) is 10.7. The van der Waals surface area contributed by atoms with Gasteiger partial charge < -0.3 is 10.2 Å². The molecule has 0 aromatic carbocycles. The Kier molecular flexibility index (Phi) is 2.22. The molecule has 5 heteroatoms. The Morgan fingerprint density at radius 1 is 1.35 bits per heavy atom. The van der Waals surface area contributed by atoms with E-state index in [0.29, 0.717) is 17.3 Å². The topological polar surface area (TPSA) is 56.5 Å². The number of fused-ring (bicyclic) bond motifs is 1. The van der Waals surface area contributed by atoms with Crippen molar-refractivity contribution in [2.75, 3.05) is 5.73 Å². The van der Waals surface area contributed by atoms with E-state index < -0.39 is 0 Å². The molecule has 0 atom stereocenters. The third kappa shape index (κ3) is 1.54. The first-order valence-corrected chi connectivity index (χ1v) is 5.93. The molecule has 3 aromatic rings. The highest BCUT2D eigenvalue weighted by Crippen LogP contribution is 2.33. The Morgan fingerprint density at radius 3 is 2.88 bits per heavy atom. The molecule has 0 fully saturated rings. The SMILES string of the molecule is Cc1ccc2nc(-c3occc3Br)c(N)n2c1. The van der Waals surface area contributed by atoms with Gasteiger partial charge >= 0.3 is 0 Å². The first kappa shape index (κ1) is 10.4. The Bertz CT molecular complexity index is 699. The largest absolute Gasteiger partial charge is 0.461 e. The minimum absolute atomic E-state index is 0.583. The van der Waals surface area contributed by atoms with Gasteiger partial charge in [0.25, 0.3) is 0 Å². The fraction of sp³-hybridized carbons (Fsp3) is 0.0833. The predicted octanol–water partition coefficient (Wildman–Crippen LogP) is 3.25. The predicted molar refractivity (Wildman–Crippen MR) is 69.7 cm³/mol. The molecule has 0 aliphatic rings. The van der Waals surface area contributed by atoms with Crippen LogP contribution in [0.25, 0.3) is 17.1 Å². The van der Waals surface area contributed by atoms with Gasteiger partial charge in [0.05, 0.1) is 10.7 Å². The number of imidazole rings is 1. The second-order valence-corrected chi connectivity index (χ2v) is 4.73. The van der Waals surface area contributed by atoms with Gasteiger partial charge in [-0.2, -0.15) is 0 Å². The van der Waals surface area contributed by atoms with Crippen molar-refractivity contribution in [1.29, 1.82) is 0 Å². The van der Waals surface area contributed by atoms with E-state index in [1.54, 1.807) is 6.26 Å². The quantitative estimate of drug-likeness (QED) is 0.749. The van der Waals surface area contributed by atoms with Crippen LogP contribution in [0.2, 0.25) is 0 Å². The molecule has 0 aliphatic heterocycles. The maximum atomic E-state index is 6.09. The number of aryl methyl sites for hydroxylation is 1. The molecule has 3 rings (SSSR count). The van der Waals surface area contributed by atoms with Crippen LogP contribution in [0, 0.1) is 6.92 Å². The lowest BCUT2D eigenvalue weighted by atomic mass is 10.3. The van der Waals surface area contributed by atoms with E-state index in [1.165, 1.54) is 0 Å². The number of hydrogen-bond acceptors (Lipinski definition) is 3. The van der Waals surface area contributed by atoms with Gasteiger partial charge in [0.2, 0.25) is 0 Å². The molecular weight excluding hydrogens is 282 g/mol. The molecule has 4 nitrogen and oxygen atoms in total. The first-order chi connectivity index (χ1) is 8.16. The Balaban J connectivity index is 2.32. The molecule has 2 N–H and O–H groups in total. The fourth-order valence-electron chi connectivity index (χ4n) is 1.80. The molecule has 17 heavy (non-hydrogen) atoms. The zero-order valence-electron chi connectivity index (χ0n) is 9.14. The number of hydrogen-bond donors (Lipinski definition) is 1. The third-order valence-electron chi connectivity index (χ3n) is 2.64. The standard InChI is InChI=1S/C12H10BrN3O/c1-7-2-3-9-15-10(12(14)16(9)6-7)11-8(13)4-5-17-11/h2-6H,14H2,1H3. The molecule has 86 valence electrons. The summed E-state index contributed by atoms with van der Waals surface area (Å²) in [5.74, 6) is 1.24. The molecule has 0 unspecified atom stereocenters. The van der Waals surface area contributed by atoms with E-state index in [9.17, 15) is 0 Å². The van der Waals surface area contributed by atoms with E-state index in [4.69, 9.17) is 10.2 Å². The summed E-state index contributed by atoms with van der Waals surface area (Å²) in [5, 5.41) is 0. The van der Waals surface area contributed by atoms with Gasteiger partial charge in [-0.05, 0) is 40.5 Å². The summed E-state index contributed by atoms with van der Waals surface area (Å²) in [7, 11) is 0. The van der Waals surface area contributed by atoms with Crippen molar-refractivity contribution in [3.8, 4) is 11.5 Å². The van der Waals surface area contributed by atoms with Gasteiger partial charge in [0, 0.05) is 6.20 Å². The number of halogens is 1. The number of anilines is 1. The summed E-state index contributed by atoms with van der Waals surface area (Å²) in [5.41, 5.74) is 8.69. The second kappa shape index (κ2) is 3.63. The van der Waals surface area contributed by atoms with E-state index in [-0.39, 0.29) is 0 Å². The summed E-state index contributed by atoms with van der Waals surface area (Å²) in [6, 6.07) is 5.76. The van der Waals surface area contributed by atoms with Crippen molar-refractivity contribution in [1.82, 2.24) is 9.38 Å². The smallest absolute Gasteiger partial charge is 0.170 e. The Morgan fingerprint density at radius 2 is 2.18 bits per heavy atom.